The van der Waals surface area contributed by atoms with Gasteiger partial charge in [0.15, 0.2) is 0 Å². The summed E-state index contributed by atoms with van der Waals surface area (Å²) in [6.07, 6.45) is 2.45. The van der Waals surface area contributed by atoms with Gasteiger partial charge in [-0.05, 0) is 53.4 Å². The van der Waals surface area contributed by atoms with Gasteiger partial charge in [-0.25, -0.2) is 0 Å². The minimum Gasteiger partial charge on any atom is -0.598 e. The summed E-state index contributed by atoms with van der Waals surface area (Å²) in [6, 6.07) is 23.5. The molecule has 2 heterocycles. The number of carbonyl (C=O) groups is 2. The van der Waals surface area contributed by atoms with Crippen LogP contribution < -0.4 is 4.90 Å². The smallest absolute Gasteiger partial charge is 0.253 e. The van der Waals surface area contributed by atoms with Gasteiger partial charge < -0.3 is 14.4 Å². The van der Waals surface area contributed by atoms with Gasteiger partial charge in [0.1, 0.15) is 6.26 Å². The number of rotatable bonds is 5. The van der Waals surface area contributed by atoms with Crippen LogP contribution in [0.4, 0.5) is 5.69 Å². The van der Waals surface area contributed by atoms with E-state index in [1.165, 1.54) is 0 Å². The van der Waals surface area contributed by atoms with Crippen molar-refractivity contribution in [3.05, 3.63) is 100 Å². The predicted molar refractivity (Wildman–Crippen MR) is 146 cm³/mol. The third-order valence-corrected chi connectivity index (χ3v) is 9.28. The molecule has 0 N–H and O–H groups in total. The second-order valence-corrected chi connectivity index (χ2v) is 11.8. The third-order valence-electron chi connectivity index (χ3n) is 7.94. The molecule has 3 aliphatic rings. The van der Waals surface area contributed by atoms with Crippen molar-refractivity contribution in [2.75, 3.05) is 37.3 Å². The number of hydrogen-bond acceptors (Lipinski definition) is 4. The van der Waals surface area contributed by atoms with E-state index in [4.69, 9.17) is 11.6 Å². The maximum Gasteiger partial charge on any atom is 0.253 e. The summed E-state index contributed by atoms with van der Waals surface area (Å²) in [6.45, 7) is 2.72. The van der Waals surface area contributed by atoms with Gasteiger partial charge in [0.05, 0.1) is 25.0 Å². The quantitative estimate of drug-likeness (QED) is 0.457. The van der Waals surface area contributed by atoms with Crippen LogP contribution in [0.25, 0.3) is 0 Å². The largest absolute Gasteiger partial charge is 0.598 e. The number of anilines is 1. The Morgan fingerprint density at radius 3 is 2.49 bits per heavy atom. The standard InChI is InChI=1S/C29H28ClN3O3S/c1-37(36)32-15-13-31(14-16-32)27(34)22-6-4-5-20(17-22)19-33-26-8-3-2-7-24(26)29(28(33)35)18-25(29)21-9-11-23(30)12-10-21/h2-12,17,25H,13-16,18-19H2,1H3/t25-,29-,37?/m0/s1. The van der Waals surface area contributed by atoms with Gasteiger partial charge in [-0.15, -0.1) is 4.31 Å². The highest BCUT2D eigenvalue weighted by molar-refractivity contribution is 7.88. The predicted octanol–water partition coefficient (Wildman–Crippen LogP) is 4.36. The van der Waals surface area contributed by atoms with Gasteiger partial charge in [0, 0.05) is 46.6 Å². The van der Waals surface area contributed by atoms with Crippen LogP contribution in [0.15, 0.2) is 72.8 Å². The molecule has 1 unspecified atom stereocenters. The number of benzene rings is 3. The van der Waals surface area contributed by atoms with Crippen LogP contribution in [0.1, 0.15) is 39.4 Å². The lowest BCUT2D eigenvalue weighted by atomic mass is 9.92. The van der Waals surface area contributed by atoms with Crippen LogP contribution in [0.2, 0.25) is 5.02 Å². The van der Waals surface area contributed by atoms with Crippen LogP contribution in [0, 0.1) is 0 Å². The van der Waals surface area contributed by atoms with E-state index < -0.39 is 16.8 Å². The van der Waals surface area contributed by atoms with Crippen LogP contribution in [0.5, 0.6) is 0 Å². The number of piperazine rings is 1. The SMILES string of the molecule is C[S+]([O-])N1CCN(C(=O)c2cccc(CN3C(=O)[C@@]4(C[C@H]4c4ccc(Cl)cc4)c4ccccc43)c2)CC1. The number of amides is 2. The Labute approximate surface area is 225 Å². The second-order valence-electron chi connectivity index (χ2n) is 10.0. The van der Waals surface area contributed by atoms with Gasteiger partial charge in [0.2, 0.25) is 5.91 Å². The molecule has 0 aromatic heterocycles. The minimum absolute atomic E-state index is 0.0296. The summed E-state index contributed by atoms with van der Waals surface area (Å²) in [5.41, 5.74) is 4.17. The highest BCUT2D eigenvalue weighted by atomic mass is 35.5. The van der Waals surface area contributed by atoms with Crippen LogP contribution >= 0.6 is 11.6 Å². The van der Waals surface area contributed by atoms with Gasteiger partial charge in [-0.2, -0.15) is 0 Å². The summed E-state index contributed by atoms with van der Waals surface area (Å²) >= 11 is 5.08. The molecule has 1 saturated carbocycles. The summed E-state index contributed by atoms with van der Waals surface area (Å²) < 4.78 is 13.6. The molecule has 1 spiro atoms. The van der Waals surface area contributed by atoms with E-state index >= 15 is 0 Å². The Balaban J connectivity index is 1.22. The number of nitrogens with zero attached hydrogens (tertiary/aromatic N) is 3. The molecule has 0 radical (unpaired) electrons. The first kappa shape index (κ1) is 24.5. The lowest BCUT2D eigenvalue weighted by molar-refractivity contribution is -0.120. The summed E-state index contributed by atoms with van der Waals surface area (Å²) in [4.78, 5) is 30.8. The van der Waals surface area contributed by atoms with Crippen molar-refractivity contribution in [3.63, 3.8) is 0 Å². The van der Waals surface area contributed by atoms with E-state index in [1.54, 1.807) is 6.26 Å². The average molecular weight is 534 g/mol. The highest BCUT2D eigenvalue weighted by Crippen LogP contribution is 2.66. The Bertz CT molecular complexity index is 1360. The molecule has 8 heteroatoms. The van der Waals surface area contributed by atoms with Gasteiger partial charge in [-0.3, -0.25) is 9.59 Å². The molecule has 3 aromatic rings. The number of fused-ring (bicyclic) bond motifs is 2. The van der Waals surface area contributed by atoms with Crippen LogP contribution in [-0.4, -0.2) is 58.0 Å². The van der Waals surface area contributed by atoms with E-state index in [-0.39, 0.29) is 17.7 Å². The van der Waals surface area contributed by atoms with E-state index in [9.17, 15) is 14.1 Å². The molecular formula is C29H28ClN3O3S. The lowest BCUT2D eigenvalue weighted by Crippen LogP contribution is -2.50. The van der Waals surface area contributed by atoms with E-state index in [0.29, 0.717) is 43.3 Å². The summed E-state index contributed by atoms with van der Waals surface area (Å²) in [7, 11) is 0. The molecule has 37 heavy (non-hydrogen) atoms. The number of para-hydroxylation sites is 1. The fraction of sp³-hybridized carbons (Fsp3) is 0.310. The third kappa shape index (κ3) is 4.24. The van der Waals surface area contributed by atoms with E-state index in [1.807, 2.05) is 80.8 Å². The molecule has 2 amide bonds. The van der Waals surface area contributed by atoms with Crippen LogP contribution in [0.3, 0.4) is 0 Å². The molecule has 6 nitrogen and oxygen atoms in total. The Hall–Kier alpha value is -2.84. The first-order chi connectivity index (χ1) is 17.9. The number of halogens is 1. The zero-order chi connectivity index (χ0) is 25.7. The van der Waals surface area contributed by atoms with Gasteiger partial charge in [0.25, 0.3) is 5.91 Å². The fourth-order valence-electron chi connectivity index (χ4n) is 5.92. The first-order valence-electron chi connectivity index (χ1n) is 12.5. The van der Waals surface area contributed by atoms with Crippen molar-refractivity contribution in [2.24, 2.45) is 0 Å². The second kappa shape index (κ2) is 9.48. The molecule has 6 rings (SSSR count). The zero-order valence-electron chi connectivity index (χ0n) is 20.6. The molecular weight excluding hydrogens is 506 g/mol. The number of hydrogen-bond donors (Lipinski definition) is 0. The Kier molecular flexibility index (Phi) is 6.27. The molecule has 190 valence electrons. The molecule has 1 aliphatic carbocycles. The normalized spacial score (nSPS) is 23.9. The Morgan fingerprint density at radius 1 is 1.03 bits per heavy atom. The van der Waals surface area contributed by atoms with Crippen molar-refractivity contribution in [2.45, 2.75) is 24.3 Å². The number of carbonyl (C=O) groups excluding carboxylic acids is 2. The zero-order valence-corrected chi connectivity index (χ0v) is 22.2. The maximum atomic E-state index is 13.9. The monoisotopic (exact) mass is 533 g/mol. The van der Waals surface area contributed by atoms with Crippen molar-refractivity contribution in [3.8, 4) is 0 Å². The molecule has 1 saturated heterocycles. The summed E-state index contributed by atoms with van der Waals surface area (Å²) in [5.74, 6) is 0.222. The van der Waals surface area contributed by atoms with Crippen molar-refractivity contribution in [1.82, 2.24) is 9.21 Å². The molecule has 3 atom stereocenters. The summed E-state index contributed by atoms with van der Waals surface area (Å²) in [5, 5.41) is 0.690. The lowest BCUT2D eigenvalue weighted by Gasteiger charge is -2.33. The maximum absolute atomic E-state index is 13.9. The molecule has 3 aromatic carbocycles. The molecule has 0 bridgehead atoms. The van der Waals surface area contributed by atoms with Crippen LogP contribution in [-0.2, 0) is 28.1 Å². The molecule has 2 fully saturated rings. The highest BCUT2D eigenvalue weighted by Gasteiger charge is 2.67. The van der Waals surface area contributed by atoms with Crippen molar-refractivity contribution in [1.29, 1.82) is 0 Å². The molecule has 2 aliphatic heterocycles. The van der Waals surface area contributed by atoms with E-state index in [2.05, 4.69) is 6.07 Å². The first-order valence-corrected chi connectivity index (χ1v) is 14.4. The Morgan fingerprint density at radius 2 is 1.76 bits per heavy atom. The fourth-order valence-corrected chi connectivity index (χ4v) is 6.72. The topological polar surface area (TPSA) is 66.9 Å². The minimum atomic E-state index is -1.02. The van der Waals surface area contributed by atoms with Gasteiger partial charge in [-0.1, -0.05) is 54.1 Å². The van der Waals surface area contributed by atoms with Gasteiger partial charge >= 0.3 is 0 Å². The van der Waals surface area contributed by atoms with E-state index in [0.717, 1.165) is 28.8 Å². The van der Waals surface area contributed by atoms with Crippen molar-refractivity contribution >= 4 is 40.5 Å². The van der Waals surface area contributed by atoms with Crippen molar-refractivity contribution < 1.29 is 14.1 Å². The average Bonchev–Trinajstić information content (AvgIpc) is 3.63.